The van der Waals surface area contributed by atoms with E-state index in [9.17, 15) is 9.59 Å². The van der Waals surface area contributed by atoms with Crippen LogP contribution >= 0.6 is 23.5 Å². The molecule has 0 saturated carbocycles. The second-order valence-corrected chi connectivity index (χ2v) is 11.5. The number of unbranched alkanes of at least 4 members (excludes halogenated alkanes) is 1. The lowest BCUT2D eigenvalue weighted by Gasteiger charge is -2.06. The number of hydrogen-bond donors (Lipinski definition) is 4. The van der Waals surface area contributed by atoms with Gasteiger partial charge in [-0.25, -0.2) is 0 Å². The molecule has 0 aliphatic carbocycles. The number of nitrogens with two attached hydrogens (primary N) is 2. The van der Waals surface area contributed by atoms with Crippen molar-refractivity contribution in [2.75, 3.05) is 0 Å². The van der Waals surface area contributed by atoms with Gasteiger partial charge in [0.05, 0.1) is 34.0 Å². The Morgan fingerprint density at radius 3 is 1.52 bits per heavy atom. The van der Waals surface area contributed by atoms with Gasteiger partial charge in [-0.2, -0.15) is 9.98 Å². The number of amides is 2. The lowest BCUT2D eigenvalue weighted by atomic mass is 10.1. The van der Waals surface area contributed by atoms with Crippen LogP contribution in [0.3, 0.4) is 0 Å². The zero-order valence-electron chi connectivity index (χ0n) is 22.7. The maximum atomic E-state index is 12.4. The fourth-order valence-corrected chi connectivity index (χ4v) is 5.56. The first-order valence-electron chi connectivity index (χ1n) is 13.2. The third-order valence-electron chi connectivity index (χ3n) is 6.14. The Balaban J connectivity index is 1.15. The molecule has 42 heavy (non-hydrogen) atoms. The first-order valence-corrected chi connectivity index (χ1v) is 14.8. The highest BCUT2D eigenvalue weighted by Gasteiger charge is 2.11. The summed E-state index contributed by atoms with van der Waals surface area (Å²) in [6.45, 7) is 0. The van der Waals surface area contributed by atoms with Gasteiger partial charge in [0.25, 0.3) is 11.8 Å². The number of amidine groups is 2. The smallest absolute Gasteiger partial charge is 0.252 e. The lowest BCUT2D eigenvalue weighted by Crippen LogP contribution is -2.14. The zero-order chi connectivity index (χ0) is 29.9. The number of carbonyl (C=O) groups is 2. The van der Waals surface area contributed by atoms with Crippen molar-refractivity contribution in [1.29, 1.82) is 10.8 Å². The second-order valence-electron chi connectivity index (χ2n) is 9.27. The van der Waals surface area contributed by atoms with Gasteiger partial charge in [-0.05, 0) is 84.6 Å². The summed E-state index contributed by atoms with van der Waals surface area (Å²) in [5, 5.41) is 18.7. The van der Waals surface area contributed by atoms with E-state index < -0.39 is 0 Å². The molecule has 0 unspecified atom stereocenters. The number of carbonyl (C=O) groups excluding carboxylic acids is 2. The van der Waals surface area contributed by atoms with E-state index >= 15 is 0 Å². The third kappa shape index (κ3) is 9.05. The Hall–Kier alpha value is -4.42. The van der Waals surface area contributed by atoms with E-state index in [0.717, 1.165) is 56.5 Å². The molecule has 0 spiro atoms. The molecular formula is C30H30N8O2S2. The first kappa shape index (κ1) is 30.5. The van der Waals surface area contributed by atoms with Gasteiger partial charge >= 0.3 is 0 Å². The van der Waals surface area contributed by atoms with Crippen molar-refractivity contribution >= 4 is 77.6 Å². The maximum absolute atomic E-state index is 12.4. The molecule has 0 bridgehead atoms. The topological polar surface area (TPSA) is 184 Å². The summed E-state index contributed by atoms with van der Waals surface area (Å²) in [5.74, 6) is -0.775. The Bertz CT molecular complexity index is 1570. The van der Waals surface area contributed by atoms with Crippen molar-refractivity contribution in [3.63, 3.8) is 0 Å². The minimum Gasteiger partial charge on any atom is -0.378 e. The Morgan fingerprint density at radius 1 is 0.667 bits per heavy atom. The molecule has 2 aromatic carbocycles. The molecule has 6 N–H and O–H groups in total. The van der Waals surface area contributed by atoms with Crippen molar-refractivity contribution in [2.45, 2.75) is 38.5 Å². The SMILES string of the molecule is N=C(CCCCC(=N)SC(N)=NC(=O)Cc1cccc2ncccc12)SC(N)=NC(=O)Cc1cccc2ncccc12. The third-order valence-corrected chi connectivity index (χ3v) is 7.64. The summed E-state index contributed by atoms with van der Waals surface area (Å²) in [4.78, 5) is 41.3. The van der Waals surface area contributed by atoms with Crippen LogP contribution in [-0.4, -0.2) is 42.2 Å². The molecule has 0 saturated heterocycles. The first-order chi connectivity index (χ1) is 20.3. The summed E-state index contributed by atoms with van der Waals surface area (Å²) >= 11 is 1.92. The van der Waals surface area contributed by atoms with Crippen LogP contribution in [0.5, 0.6) is 0 Å². The molecule has 2 heterocycles. The second kappa shape index (κ2) is 15.0. The predicted octanol–water partition coefficient (Wildman–Crippen LogP) is 5.23. The quantitative estimate of drug-likeness (QED) is 0.115. The number of nitrogens with one attached hydrogen (secondary N) is 2. The average molecular weight is 599 g/mol. The number of fused-ring (bicyclic) bond motifs is 2. The largest absolute Gasteiger partial charge is 0.378 e. The van der Waals surface area contributed by atoms with Crippen molar-refractivity contribution in [1.82, 2.24) is 9.97 Å². The van der Waals surface area contributed by atoms with Gasteiger partial charge in [-0.15, -0.1) is 0 Å². The van der Waals surface area contributed by atoms with Gasteiger partial charge in [0.1, 0.15) is 0 Å². The minimum absolute atomic E-state index is 0.0278. The van der Waals surface area contributed by atoms with Gasteiger partial charge in [0.2, 0.25) is 0 Å². The van der Waals surface area contributed by atoms with Gasteiger partial charge < -0.3 is 11.5 Å². The minimum atomic E-state index is -0.388. The van der Waals surface area contributed by atoms with E-state index in [0.29, 0.717) is 25.7 Å². The number of aromatic nitrogens is 2. The van der Waals surface area contributed by atoms with Crippen molar-refractivity contribution in [3.8, 4) is 0 Å². The molecule has 0 atom stereocenters. The zero-order valence-corrected chi connectivity index (χ0v) is 24.4. The number of hydrogen-bond acceptors (Lipinski definition) is 8. The van der Waals surface area contributed by atoms with Crippen molar-refractivity contribution < 1.29 is 9.59 Å². The number of aliphatic imine (C=N–C) groups is 2. The summed E-state index contributed by atoms with van der Waals surface area (Å²) in [6.07, 6.45) is 5.75. The predicted molar refractivity (Wildman–Crippen MR) is 173 cm³/mol. The van der Waals surface area contributed by atoms with Crippen molar-refractivity contribution in [2.24, 2.45) is 21.5 Å². The van der Waals surface area contributed by atoms with E-state index in [2.05, 4.69) is 20.0 Å². The van der Waals surface area contributed by atoms with Crippen LogP contribution in [0.4, 0.5) is 0 Å². The number of rotatable bonds is 9. The van der Waals surface area contributed by atoms with Gasteiger partial charge in [-0.1, -0.05) is 36.4 Å². The number of benzene rings is 2. The highest BCUT2D eigenvalue weighted by molar-refractivity contribution is 8.26. The van der Waals surface area contributed by atoms with E-state index in [-0.39, 0.29) is 45.1 Å². The molecule has 10 nitrogen and oxygen atoms in total. The summed E-state index contributed by atoms with van der Waals surface area (Å²) < 4.78 is 0. The fourth-order valence-electron chi connectivity index (χ4n) is 4.26. The van der Waals surface area contributed by atoms with Crippen LogP contribution in [-0.2, 0) is 22.4 Å². The van der Waals surface area contributed by atoms with Gasteiger partial charge in [0.15, 0.2) is 10.3 Å². The Kier molecular flexibility index (Phi) is 10.9. The van der Waals surface area contributed by atoms with Gasteiger partial charge in [-0.3, -0.25) is 30.4 Å². The normalized spacial score (nSPS) is 12.0. The molecule has 0 aliphatic rings. The Morgan fingerprint density at radius 2 is 1.10 bits per heavy atom. The van der Waals surface area contributed by atoms with Crippen LogP contribution < -0.4 is 11.5 Å². The molecule has 4 aromatic rings. The molecular weight excluding hydrogens is 569 g/mol. The molecule has 0 radical (unpaired) electrons. The van der Waals surface area contributed by atoms with Crippen LogP contribution in [0, 0.1) is 10.8 Å². The molecule has 0 fully saturated rings. The van der Waals surface area contributed by atoms with Gasteiger partial charge in [0, 0.05) is 23.2 Å². The molecule has 0 aliphatic heterocycles. The van der Waals surface area contributed by atoms with E-state index in [4.69, 9.17) is 22.3 Å². The maximum Gasteiger partial charge on any atom is 0.252 e. The monoisotopic (exact) mass is 598 g/mol. The highest BCUT2D eigenvalue weighted by atomic mass is 32.2. The Labute approximate surface area is 251 Å². The number of pyridine rings is 2. The molecule has 4 rings (SSSR count). The summed E-state index contributed by atoms with van der Waals surface area (Å²) in [5.41, 5.74) is 15.1. The van der Waals surface area contributed by atoms with Crippen molar-refractivity contribution in [3.05, 3.63) is 84.2 Å². The standard InChI is InChI=1S/C30H30N8O2S2/c31-25(41-29(33)37-27(39)17-19-7-3-11-23-21(19)9-5-15-35-23)13-1-2-14-26(32)42-30(34)38-28(40)18-20-8-4-12-24-22(20)10-6-16-36-24/h3-12,15-16,31-32H,1-2,13-14,17-18H2,(H2,33,37,39)(H2,34,38,40). The molecule has 214 valence electrons. The van der Waals surface area contributed by atoms with Crippen LogP contribution in [0.2, 0.25) is 0 Å². The number of thioether (sulfide) groups is 2. The molecule has 12 heteroatoms. The molecule has 2 aromatic heterocycles. The van der Waals surface area contributed by atoms with Crippen LogP contribution in [0.15, 0.2) is 83.0 Å². The molecule has 2 amide bonds. The number of nitrogens with zero attached hydrogens (tertiary/aromatic N) is 4. The van der Waals surface area contributed by atoms with Crippen LogP contribution in [0.1, 0.15) is 36.8 Å². The van der Waals surface area contributed by atoms with E-state index in [1.807, 2.05) is 60.7 Å². The van der Waals surface area contributed by atoms with E-state index in [1.54, 1.807) is 12.4 Å². The summed E-state index contributed by atoms with van der Waals surface area (Å²) in [7, 11) is 0. The lowest BCUT2D eigenvalue weighted by molar-refractivity contribution is -0.118. The van der Waals surface area contributed by atoms with E-state index in [1.165, 1.54) is 0 Å². The van der Waals surface area contributed by atoms with Crippen LogP contribution in [0.25, 0.3) is 21.8 Å². The highest BCUT2D eigenvalue weighted by Crippen LogP contribution is 2.19. The average Bonchev–Trinajstić information content (AvgIpc) is 2.95. The summed E-state index contributed by atoms with van der Waals surface area (Å²) in [6, 6.07) is 18.6. The fraction of sp³-hybridized carbons (Fsp3) is 0.200.